The lowest BCUT2D eigenvalue weighted by atomic mass is 10.1. The molecule has 5 nitrogen and oxygen atoms in total. The topological polar surface area (TPSA) is 51.9 Å². The van der Waals surface area contributed by atoms with Crippen molar-refractivity contribution in [3.05, 3.63) is 90.1 Å². The molecule has 148 valence electrons. The zero-order chi connectivity index (χ0) is 20.4. The van der Waals surface area contributed by atoms with Gasteiger partial charge in [-0.05, 0) is 17.5 Å². The van der Waals surface area contributed by atoms with E-state index < -0.39 is 0 Å². The molecule has 2 heterocycles. The van der Waals surface area contributed by atoms with Crippen molar-refractivity contribution in [2.24, 2.45) is 13.0 Å². The molecule has 4 aromatic rings. The van der Waals surface area contributed by atoms with E-state index in [-0.39, 0.29) is 11.9 Å². The molecule has 0 aliphatic carbocycles. The van der Waals surface area contributed by atoms with E-state index >= 15 is 0 Å². The van der Waals surface area contributed by atoms with Gasteiger partial charge in [-0.1, -0.05) is 62.4 Å². The Morgan fingerprint density at radius 3 is 2.48 bits per heavy atom. The SMILES string of the molecule is CC(C)Cn1cc(C(=O)NC(c2ccccc2)c2nccn2C)c2ccccc21. The number of fused-ring (bicyclic) bond motifs is 1. The van der Waals surface area contributed by atoms with Crippen LogP contribution in [0.4, 0.5) is 0 Å². The van der Waals surface area contributed by atoms with Crippen molar-refractivity contribution in [3.63, 3.8) is 0 Å². The number of carbonyl (C=O) groups excluding carboxylic acids is 1. The number of aryl methyl sites for hydroxylation is 1. The Kier molecular flexibility index (Phi) is 5.21. The summed E-state index contributed by atoms with van der Waals surface area (Å²) in [6.07, 6.45) is 5.62. The third kappa shape index (κ3) is 3.81. The molecular weight excluding hydrogens is 360 g/mol. The summed E-state index contributed by atoms with van der Waals surface area (Å²) in [5.41, 5.74) is 2.78. The maximum absolute atomic E-state index is 13.4. The minimum atomic E-state index is -0.323. The number of hydrogen-bond donors (Lipinski definition) is 1. The van der Waals surface area contributed by atoms with Crippen LogP contribution in [0.1, 0.15) is 41.6 Å². The summed E-state index contributed by atoms with van der Waals surface area (Å²) in [5, 5.41) is 4.19. The molecule has 0 saturated carbocycles. The Balaban J connectivity index is 1.73. The molecule has 4 rings (SSSR count). The summed E-state index contributed by atoms with van der Waals surface area (Å²) in [6.45, 7) is 5.23. The van der Waals surface area contributed by atoms with Crippen LogP contribution in [0.25, 0.3) is 10.9 Å². The number of amides is 1. The third-order valence-corrected chi connectivity index (χ3v) is 5.12. The second kappa shape index (κ2) is 7.95. The Hall–Kier alpha value is -3.34. The van der Waals surface area contributed by atoms with Crippen molar-refractivity contribution in [3.8, 4) is 0 Å². The van der Waals surface area contributed by atoms with Gasteiger partial charge in [-0.3, -0.25) is 4.79 Å². The number of carbonyl (C=O) groups is 1. The Bertz CT molecular complexity index is 1120. The number of benzene rings is 2. The van der Waals surface area contributed by atoms with Crippen molar-refractivity contribution < 1.29 is 4.79 Å². The molecule has 1 atom stereocenters. The molecule has 0 spiro atoms. The zero-order valence-corrected chi connectivity index (χ0v) is 17.0. The second-order valence-electron chi connectivity index (χ2n) is 7.82. The van der Waals surface area contributed by atoms with Crippen LogP contribution in [0, 0.1) is 5.92 Å². The molecule has 0 aliphatic heterocycles. The molecule has 1 unspecified atom stereocenters. The van der Waals surface area contributed by atoms with E-state index in [2.05, 4.69) is 34.8 Å². The first-order valence-corrected chi connectivity index (χ1v) is 9.95. The van der Waals surface area contributed by atoms with Gasteiger partial charge < -0.3 is 14.5 Å². The highest BCUT2D eigenvalue weighted by atomic mass is 16.1. The van der Waals surface area contributed by atoms with Crippen LogP contribution in [0.2, 0.25) is 0 Å². The number of rotatable bonds is 6. The van der Waals surface area contributed by atoms with Gasteiger partial charge in [0.2, 0.25) is 0 Å². The third-order valence-electron chi connectivity index (χ3n) is 5.12. The highest BCUT2D eigenvalue weighted by Gasteiger charge is 2.23. The number of imidazole rings is 1. The van der Waals surface area contributed by atoms with Crippen LogP contribution in [0.15, 0.2) is 73.2 Å². The first kappa shape index (κ1) is 19.0. The standard InChI is InChI=1S/C24H26N4O/c1-17(2)15-28-16-20(19-11-7-8-12-21(19)28)24(29)26-22(18-9-5-4-6-10-18)23-25-13-14-27(23)3/h4-14,16-17,22H,15H2,1-3H3,(H,26,29). The summed E-state index contributed by atoms with van der Waals surface area (Å²) < 4.78 is 4.12. The summed E-state index contributed by atoms with van der Waals surface area (Å²) >= 11 is 0. The maximum atomic E-state index is 13.4. The van der Waals surface area contributed by atoms with Gasteiger partial charge in [-0.25, -0.2) is 4.98 Å². The van der Waals surface area contributed by atoms with Gasteiger partial charge in [-0.2, -0.15) is 0 Å². The Morgan fingerprint density at radius 2 is 1.79 bits per heavy atom. The predicted octanol–water partition coefficient (Wildman–Crippen LogP) is 4.55. The molecule has 0 saturated heterocycles. The van der Waals surface area contributed by atoms with Crippen molar-refractivity contribution >= 4 is 16.8 Å². The molecule has 0 bridgehead atoms. The minimum absolute atomic E-state index is 0.0967. The Labute approximate surface area is 171 Å². The van der Waals surface area contributed by atoms with Gasteiger partial charge in [-0.15, -0.1) is 0 Å². The van der Waals surface area contributed by atoms with Gasteiger partial charge in [0.1, 0.15) is 11.9 Å². The molecule has 0 aliphatic rings. The number of para-hydroxylation sites is 1. The fourth-order valence-electron chi connectivity index (χ4n) is 3.78. The monoisotopic (exact) mass is 386 g/mol. The van der Waals surface area contributed by atoms with Crippen LogP contribution in [-0.4, -0.2) is 20.0 Å². The quantitative estimate of drug-likeness (QED) is 0.528. The lowest BCUT2D eigenvalue weighted by Crippen LogP contribution is -2.31. The molecule has 5 heteroatoms. The van der Waals surface area contributed by atoms with E-state index in [4.69, 9.17) is 0 Å². The summed E-state index contributed by atoms with van der Waals surface area (Å²) in [4.78, 5) is 17.9. The summed E-state index contributed by atoms with van der Waals surface area (Å²) in [6, 6.07) is 17.7. The van der Waals surface area contributed by atoms with Gasteiger partial charge in [0.25, 0.3) is 5.91 Å². The second-order valence-corrected chi connectivity index (χ2v) is 7.82. The summed E-state index contributed by atoms with van der Waals surface area (Å²) in [7, 11) is 1.94. The van der Waals surface area contributed by atoms with E-state index in [1.807, 2.05) is 72.5 Å². The van der Waals surface area contributed by atoms with E-state index in [0.29, 0.717) is 11.5 Å². The molecule has 1 N–H and O–H groups in total. The highest BCUT2D eigenvalue weighted by Crippen LogP contribution is 2.25. The molecule has 0 fully saturated rings. The molecule has 0 radical (unpaired) electrons. The fraction of sp³-hybridized carbons (Fsp3) is 0.250. The first-order chi connectivity index (χ1) is 14.0. The molecule has 1 amide bonds. The zero-order valence-electron chi connectivity index (χ0n) is 17.0. The highest BCUT2D eigenvalue weighted by molar-refractivity contribution is 6.07. The minimum Gasteiger partial charge on any atom is -0.346 e. The van der Waals surface area contributed by atoms with Gasteiger partial charge >= 0.3 is 0 Å². The van der Waals surface area contributed by atoms with E-state index in [1.165, 1.54) is 0 Å². The molecule has 29 heavy (non-hydrogen) atoms. The normalized spacial score (nSPS) is 12.4. The predicted molar refractivity (Wildman–Crippen MR) is 116 cm³/mol. The molecule has 2 aromatic heterocycles. The maximum Gasteiger partial charge on any atom is 0.254 e. The van der Waals surface area contributed by atoms with Crippen LogP contribution in [0.5, 0.6) is 0 Å². The number of aromatic nitrogens is 3. The lowest BCUT2D eigenvalue weighted by Gasteiger charge is -2.19. The van der Waals surface area contributed by atoms with Crippen LogP contribution < -0.4 is 5.32 Å². The van der Waals surface area contributed by atoms with Gasteiger partial charge in [0, 0.05) is 43.1 Å². The van der Waals surface area contributed by atoms with Crippen LogP contribution >= 0.6 is 0 Å². The first-order valence-electron chi connectivity index (χ1n) is 9.95. The number of hydrogen-bond acceptors (Lipinski definition) is 2. The van der Waals surface area contributed by atoms with Gasteiger partial charge in [0.05, 0.1) is 5.56 Å². The number of nitrogens with one attached hydrogen (secondary N) is 1. The van der Waals surface area contributed by atoms with E-state index in [0.717, 1.165) is 28.8 Å². The van der Waals surface area contributed by atoms with Crippen molar-refractivity contribution in [1.29, 1.82) is 0 Å². The van der Waals surface area contributed by atoms with Crippen molar-refractivity contribution in [2.75, 3.05) is 0 Å². The van der Waals surface area contributed by atoms with E-state index in [1.54, 1.807) is 6.20 Å². The molecular formula is C24H26N4O. The summed E-state index contributed by atoms with van der Waals surface area (Å²) in [5.74, 6) is 1.20. The van der Waals surface area contributed by atoms with Crippen LogP contribution in [-0.2, 0) is 13.6 Å². The smallest absolute Gasteiger partial charge is 0.254 e. The van der Waals surface area contributed by atoms with Crippen molar-refractivity contribution in [2.45, 2.75) is 26.4 Å². The van der Waals surface area contributed by atoms with Crippen LogP contribution in [0.3, 0.4) is 0 Å². The average molecular weight is 386 g/mol. The largest absolute Gasteiger partial charge is 0.346 e. The number of nitrogens with zero attached hydrogens (tertiary/aromatic N) is 3. The molecule has 2 aromatic carbocycles. The lowest BCUT2D eigenvalue weighted by molar-refractivity contribution is 0.0942. The van der Waals surface area contributed by atoms with Gasteiger partial charge in [0.15, 0.2) is 0 Å². The van der Waals surface area contributed by atoms with E-state index in [9.17, 15) is 4.79 Å². The Morgan fingerprint density at radius 1 is 1.07 bits per heavy atom. The fourth-order valence-corrected chi connectivity index (χ4v) is 3.78. The average Bonchev–Trinajstić information content (AvgIpc) is 3.30. The van der Waals surface area contributed by atoms with Crippen molar-refractivity contribution in [1.82, 2.24) is 19.4 Å².